The SMILES string of the molecule is C[C@@H]1CN(c2ncccc2C(=O)NS(=O)(=O)N2CC[C@@H](N(C)c3ccc(Cl)cc3Cl)C2)C(C)(C)C1. The van der Waals surface area contributed by atoms with Crippen molar-refractivity contribution in [3.63, 3.8) is 0 Å². The van der Waals surface area contributed by atoms with Crippen LogP contribution >= 0.6 is 23.2 Å². The minimum Gasteiger partial charge on any atom is -0.369 e. The molecule has 2 aliphatic heterocycles. The smallest absolute Gasteiger partial charge is 0.304 e. The van der Waals surface area contributed by atoms with Crippen molar-refractivity contribution in [2.75, 3.05) is 36.5 Å². The second-order valence-electron chi connectivity index (χ2n) is 10.1. The summed E-state index contributed by atoms with van der Waals surface area (Å²) in [7, 11) is -2.18. The Hall–Kier alpha value is -2.07. The Balaban J connectivity index is 1.48. The Morgan fingerprint density at radius 1 is 1.23 bits per heavy atom. The molecule has 11 heteroatoms. The van der Waals surface area contributed by atoms with Crippen LogP contribution in [0.1, 0.15) is 44.0 Å². The topological polar surface area (TPSA) is 85.8 Å². The van der Waals surface area contributed by atoms with Gasteiger partial charge in [-0.3, -0.25) is 4.79 Å². The molecule has 0 unspecified atom stereocenters. The van der Waals surface area contributed by atoms with Crippen LogP contribution in [0.15, 0.2) is 36.5 Å². The highest BCUT2D eigenvalue weighted by Gasteiger charge is 2.40. The maximum absolute atomic E-state index is 13.2. The molecule has 4 rings (SSSR count). The van der Waals surface area contributed by atoms with Gasteiger partial charge >= 0.3 is 10.2 Å². The van der Waals surface area contributed by atoms with Crippen LogP contribution in [0, 0.1) is 5.92 Å². The second-order valence-corrected chi connectivity index (χ2v) is 12.6. The molecule has 2 saturated heterocycles. The first-order valence-corrected chi connectivity index (χ1v) is 13.8. The number of benzene rings is 1. The van der Waals surface area contributed by atoms with Gasteiger partial charge in [-0.15, -0.1) is 0 Å². The molecule has 1 aromatic heterocycles. The number of rotatable bonds is 6. The predicted octanol–water partition coefficient (Wildman–Crippen LogP) is 4.20. The third-order valence-electron chi connectivity index (χ3n) is 6.89. The van der Waals surface area contributed by atoms with Crippen molar-refractivity contribution < 1.29 is 13.2 Å². The summed E-state index contributed by atoms with van der Waals surface area (Å²) in [4.78, 5) is 21.7. The maximum atomic E-state index is 13.2. The van der Waals surface area contributed by atoms with Gasteiger partial charge in [0, 0.05) is 49.5 Å². The molecular weight excluding hydrogens is 509 g/mol. The molecule has 0 spiro atoms. The summed E-state index contributed by atoms with van der Waals surface area (Å²) >= 11 is 12.3. The van der Waals surface area contributed by atoms with E-state index in [2.05, 4.69) is 35.4 Å². The molecule has 0 aliphatic carbocycles. The number of hydrogen-bond acceptors (Lipinski definition) is 6. The van der Waals surface area contributed by atoms with Crippen molar-refractivity contribution in [2.24, 2.45) is 5.92 Å². The van der Waals surface area contributed by atoms with E-state index in [1.54, 1.807) is 30.5 Å². The van der Waals surface area contributed by atoms with Crippen LogP contribution in [0.2, 0.25) is 10.0 Å². The second kappa shape index (κ2) is 9.76. The number of likely N-dealkylation sites (N-methyl/N-ethyl adjacent to an activating group) is 1. The Morgan fingerprint density at radius 3 is 2.63 bits per heavy atom. The third kappa shape index (κ3) is 5.38. The van der Waals surface area contributed by atoms with Gasteiger partial charge in [0.15, 0.2) is 0 Å². The van der Waals surface area contributed by atoms with Gasteiger partial charge in [-0.2, -0.15) is 12.7 Å². The molecular formula is C24H31Cl2N5O3S. The molecule has 2 fully saturated rings. The number of nitrogens with zero attached hydrogens (tertiary/aromatic N) is 4. The predicted molar refractivity (Wildman–Crippen MR) is 141 cm³/mol. The highest BCUT2D eigenvalue weighted by atomic mass is 35.5. The molecule has 1 aromatic carbocycles. The lowest BCUT2D eigenvalue weighted by Gasteiger charge is -2.33. The van der Waals surface area contributed by atoms with Crippen LogP contribution in [0.5, 0.6) is 0 Å². The van der Waals surface area contributed by atoms with E-state index in [4.69, 9.17) is 23.2 Å². The molecule has 2 atom stereocenters. The Kier molecular flexibility index (Phi) is 7.26. The minimum absolute atomic E-state index is 0.0961. The molecule has 3 heterocycles. The lowest BCUT2D eigenvalue weighted by Crippen LogP contribution is -2.45. The Bertz CT molecular complexity index is 1220. The fraction of sp³-hybridized carbons (Fsp3) is 0.500. The number of hydrogen-bond donors (Lipinski definition) is 1. The summed E-state index contributed by atoms with van der Waals surface area (Å²) < 4.78 is 29.9. The van der Waals surface area contributed by atoms with Crippen molar-refractivity contribution in [1.82, 2.24) is 14.0 Å². The number of amides is 1. The Morgan fingerprint density at radius 2 is 1.97 bits per heavy atom. The van der Waals surface area contributed by atoms with Gasteiger partial charge in [-0.05, 0) is 62.9 Å². The largest absolute Gasteiger partial charge is 0.369 e. The van der Waals surface area contributed by atoms with Crippen molar-refractivity contribution in [3.05, 3.63) is 52.1 Å². The molecule has 0 bridgehead atoms. The maximum Gasteiger partial charge on any atom is 0.304 e. The average molecular weight is 541 g/mol. The number of pyridine rings is 1. The van der Waals surface area contributed by atoms with E-state index in [0.29, 0.717) is 34.7 Å². The number of carbonyl (C=O) groups is 1. The van der Waals surface area contributed by atoms with Crippen molar-refractivity contribution >= 4 is 50.8 Å². The van der Waals surface area contributed by atoms with E-state index in [1.165, 1.54) is 4.31 Å². The summed E-state index contributed by atoms with van der Waals surface area (Å²) in [6.45, 7) is 7.65. The molecule has 1 N–H and O–H groups in total. The fourth-order valence-electron chi connectivity index (χ4n) is 5.19. The zero-order valence-corrected chi connectivity index (χ0v) is 22.7. The van der Waals surface area contributed by atoms with Crippen LogP contribution in [0.25, 0.3) is 0 Å². The Labute approximate surface area is 217 Å². The van der Waals surface area contributed by atoms with E-state index in [1.807, 2.05) is 18.0 Å². The fourth-order valence-corrected chi connectivity index (χ4v) is 6.92. The molecule has 35 heavy (non-hydrogen) atoms. The summed E-state index contributed by atoms with van der Waals surface area (Å²) in [6.07, 6.45) is 3.19. The summed E-state index contributed by atoms with van der Waals surface area (Å²) in [5, 5.41) is 1.03. The van der Waals surface area contributed by atoms with Crippen LogP contribution in [-0.2, 0) is 10.2 Å². The van der Waals surface area contributed by atoms with E-state index in [-0.39, 0.29) is 23.7 Å². The van der Waals surface area contributed by atoms with Gasteiger partial charge in [0.2, 0.25) is 0 Å². The van der Waals surface area contributed by atoms with Crippen LogP contribution in [0.3, 0.4) is 0 Å². The summed E-state index contributed by atoms with van der Waals surface area (Å²) in [6, 6.07) is 8.39. The van der Waals surface area contributed by atoms with E-state index >= 15 is 0 Å². The number of carbonyl (C=O) groups excluding carboxylic acids is 1. The summed E-state index contributed by atoms with van der Waals surface area (Å²) in [5.41, 5.74) is 0.836. The van der Waals surface area contributed by atoms with Crippen LogP contribution in [-0.4, -0.2) is 61.9 Å². The molecule has 190 valence electrons. The molecule has 0 radical (unpaired) electrons. The molecule has 2 aliphatic rings. The zero-order chi connectivity index (χ0) is 25.5. The van der Waals surface area contributed by atoms with Gasteiger partial charge in [0.25, 0.3) is 5.91 Å². The molecule has 0 saturated carbocycles. The number of nitrogens with one attached hydrogen (secondary N) is 1. The van der Waals surface area contributed by atoms with Crippen LogP contribution < -0.4 is 14.5 Å². The van der Waals surface area contributed by atoms with Crippen LogP contribution in [0.4, 0.5) is 11.5 Å². The highest BCUT2D eigenvalue weighted by Crippen LogP contribution is 2.37. The highest BCUT2D eigenvalue weighted by molar-refractivity contribution is 7.87. The molecule has 1 amide bonds. The zero-order valence-electron chi connectivity index (χ0n) is 20.3. The molecule has 8 nitrogen and oxygen atoms in total. The lowest BCUT2D eigenvalue weighted by atomic mass is 9.97. The number of anilines is 2. The quantitative estimate of drug-likeness (QED) is 0.592. The minimum atomic E-state index is -4.05. The monoisotopic (exact) mass is 539 g/mol. The first kappa shape index (κ1) is 26.0. The number of aromatic nitrogens is 1. The molecule has 2 aromatic rings. The van der Waals surface area contributed by atoms with Crippen molar-refractivity contribution in [3.8, 4) is 0 Å². The van der Waals surface area contributed by atoms with Gasteiger partial charge in [-0.1, -0.05) is 30.1 Å². The van der Waals surface area contributed by atoms with Gasteiger partial charge in [0.05, 0.1) is 16.3 Å². The van der Waals surface area contributed by atoms with Gasteiger partial charge in [-0.25, -0.2) is 9.71 Å². The van der Waals surface area contributed by atoms with Gasteiger partial charge < -0.3 is 9.80 Å². The normalized spacial score (nSPS) is 22.4. The summed E-state index contributed by atoms with van der Waals surface area (Å²) in [5.74, 6) is 0.270. The third-order valence-corrected chi connectivity index (χ3v) is 8.88. The van der Waals surface area contributed by atoms with E-state index in [0.717, 1.165) is 18.7 Å². The number of halogens is 2. The first-order chi connectivity index (χ1) is 16.4. The van der Waals surface area contributed by atoms with E-state index < -0.39 is 16.1 Å². The van der Waals surface area contributed by atoms with E-state index in [9.17, 15) is 13.2 Å². The lowest BCUT2D eigenvalue weighted by molar-refractivity contribution is 0.0979. The van der Waals surface area contributed by atoms with Gasteiger partial charge in [0.1, 0.15) is 5.82 Å². The van der Waals surface area contributed by atoms with Crippen molar-refractivity contribution in [1.29, 1.82) is 0 Å². The average Bonchev–Trinajstić information content (AvgIpc) is 3.37. The van der Waals surface area contributed by atoms with Crippen molar-refractivity contribution in [2.45, 2.75) is 45.2 Å². The standard InChI is InChI=1S/C24H31Cl2N5O3S/c1-16-13-24(2,3)31(14-16)22-19(6-5-10-27-22)23(32)28-35(33,34)30-11-9-18(15-30)29(4)21-8-7-17(25)12-20(21)26/h5-8,10,12,16,18H,9,11,13-15H2,1-4H3,(H,28,32)/t16-,18+/m0/s1. The first-order valence-electron chi connectivity index (χ1n) is 11.6.